The van der Waals surface area contributed by atoms with E-state index in [4.69, 9.17) is 17.4 Å². The number of nitrogens with two attached hydrogens (primary N) is 1. The van der Waals surface area contributed by atoms with Crippen molar-refractivity contribution in [2.24, 2.45) is 5.84 Å². The van der Waals surface area contributed by atoms with Crippen molar-refractivity contribution in [3.63, 3.8) is 0 Å². The molecule has 0 radical (unpaired) electrons. The number of benzene rings is 2. The molecule has 2 aromatic rings. The molecule has 20 heavy (non-hydrogen) atoms. The van der Waals surface area contributed by atoms with Gasteiger partial charge in [0.2, 0.25) is 0 Å². The fourth-order valence-corrected chi connectivity index (χ4v) is 2.67. The molecular formula is C15H15BrClFN2. The first-order chi connectivity index (χ1) is 9.51. The quantitative estimate of drug-likeness (QED) is 0.632. The predicted octanol–water partition coefficient (Wildman–Crippen LogP) is 4.30. The van der Waals surface area contributed by atoms with Crippen LogP contribution in [0.15, 0.2) is 40.9 Å². The maximum absolute atomic E-state index is 13.9. The van der Waals surface area contributed by atoms with Crippen molar-refractivity contribution in [3.8, 4) is 0 Å². The van der Waals surface area contributed by atoms with Crippen LogP contribution in [0, 0.1) is 12.7 Å². The van der Waals surface area contributed by atoms with Crippen LogP contribution in [-0.2, 0) is 6.42 Å². The van der Waals surface area contributed by atoms with E-state index in [0.29, 0.717) is 17.0 Å². The predicted molar refractivity (Wildman–Crippen MR) is 84.1 cm³/mol. The summed E-state index contributed by atoms with van der Waals surface area (Å²) in [5, 5.41) is 0.641. The minimum Gasteiger partial charge on any atom is -0.271 e. The summed E-state index contributed by atoms with van der Waals surface area (Å²) >= 11 is 9.27. The second kappa shape index (κ2) is 6.68. The normalized spacial score (nSPS) is 12.4. The summed E-state index contributed by atoms with van der Waals surface area (Å²) < 4.78 is 14.6. The molecule has 0 heterocycles. The SMILES string of the molecule is Cc1ccc(Cl)cc1C(Cc1ccc(Br)cc1F)NN. The minimum absolute atomic E-state index is 0.190. The number of halogens is 3. The first kappa shape index (κ1) is 15.4. The monoisotopic (exact) mass is 356 g/mol. The van der Waals surface area contributed by atoms with Crippen LogP contribution in [0.4, 0.5) is 4.39 Å². The van der Waals surface area contributed by atoms with Gasteiger partial charge in [-0.25, -0.2) is 4.39 Å². The van der Waals surface area contributed by atoms with Gasteiger partial charge in [-0.3, -0.25) is 11.3 Å². The van der Waals surface area contributed by atoms with E-state index < -0.39 is 0 Å². The molecule has 1 unspecified atom stereocenters. The van der Waals surface area contributed by atoms with Gasteiger partial charge in [0.25, 0.3) is 0 Å². The summed E-state index contributed by atoms with van der Waals surface area (Å²) in [7, 11) is 0. The zero-order valence-electron chi connectivity index (χ0n) is 11.0. The number of hydrogen-bond acceptors (Lipinski definition) is 2. The Balaban J connectivity index is 2.31. The van der Waals surface area contributed by atoms with Gasteiger partial charge in [0.05, 0.1) is 6.04 Å². The fourth-order valence-electron chi connectivity index (χ4n) is 2.15. The summed E-state index contributed by atoms with van der Waals surface area (Å²) in [5.74, 6) is 5.38. The summed E-state index contributed by atoms with van der Waals surface area (Å²) in [5.41, 5.74) is 5.39. The smallest absolute Gasteiger partial charge is 0.127 e. The highest BCUT2D eigenvalue weighted by Crippen LogP contribution is 2.26. The third-order valence-corrected chi connectivity index (χ3v) is 3.99. The highest BCUT2D eigenvalue weighted by molar-refractivity contribution is 9.10. The Labute approximate surface area is 131 Å². The standard InChI is InChI=1S/C15H15BrClFN2/c1-9-2-5-12(17)8-13(9)15(20-19)6-10-3-4-11(16)7-14(10)18/h2-5,7-8,15,20H,6,19H2,1H3. The lowest BCUT2D eigenvalue weighted by Gasteiger charge is -2.19. The topological polar surface area (TPSA) is 38.0 Å². The van der Waals surface area contributed by atoms with Crippen molar-refractivity contribution in [1.82, 2.24) is 5.43 Å². The van der Waals surface area contributed by atoms with Gasteiger partial charge in [-0.1, -0.05) is 39.7 Å². The molecule has 5 heteroatoms. The van der Waals surface area contributed by atoms with Crippen LogP contribution < -0.4 is 11.3 Å². The van der Waals surface area contributed by atoms with E-state index in [1.165, 1.54) is 6.07 Å². The molecule has 1 atom stereocenters. The lowest BCUT2D eigenvalue weighted by atomic mass is 9.95. The van der Waals surface area contributed by atoms with Gasteiger partial charge in [-0.2, -0.15) is 0 Å². The average Bonchev–Trinajstić information content (AvgIpc) is 2.41. The van der Waals surface area contributed by atoms with Crippen LogP contribution in [0.5, 0.6) is 0 Å². The van der Waals surface area contributed by atoms with E-state index in [1.807, 2.05) is 31.2 Å². The van der Waals surface area contributed by atoms with Gasteiger partial charge < -0.3 is 0 Å². The van der Waals surface area contributed by atoms with Crippen LogP contribution in [0.3, 0.4) is 0 Å². The van der Waals surface area contributed by atoms with Gasteiger partial charge in [-0.05, 0) is 54.3 Å². The second-order valence-electron chi connectivity index (χ2n) is 4.66. The number of aryl methyl sites for hydroxylation is 1. The zero-order chi connectivity index (χ0) is 14.7. The van der Waals surface area contributed by atoms with Gasteiger partial charge in [0.15, 0.2) is 0 Å². The second-order valence-corrected chi connectivity index (χ2v) is 6.01. The maximum Gasteiger partial charge on any atom is 0.127 e. The van der Waals surface area contributed by atoms with E-state index in [1.54, 1.807) is 6.07 Å². The van der Waals surface area contributed by atoms with Gasteiger partial charge in [-0.15, -0.1) is 0 Å². The molecular weight excluding hydrogens is 343 g/mol. The van der Waals surface area contributed by atoms with E-state index in [2.05, 4.69) is 21.4 Å². The van der Waals surface area contributed by atoms with Crippen molar-refractivity contribution < 1.29 is 4.39 Å². The van der Waals surface area contributed by atoms with Crippen LogP contribution in [0.1, 0.15) is 22.7 Å². The van der Waals surface area contributed by atoms with Crippen LogP contribution in [-0.4, -0.2) is 0 Å². The van der Waals surface area contributed by atoms with E-state index >= 15 is 0 Å². The third-order valence-electron chi connectivity index (χ3n) is 3.26. The number of rotatable bonds is 4. The molecule has 0 aliphatic carbocycles. The summed E-state index contributed by atoms with van der Waals surface area (Å²) in [6.45, 7) is 1.98. The number of nitrogens with one attached hydrogen (secondary N) is 1. The fraction of sp³-hybridized carbons (Fsp3) is 0.200. The van der Waals surface area contributed by atoms with E-state index in [9.17, 15) is 4.39 Å². The Morgan fingerprint density at radius 1 is 1.30 bits per heavy atom. The molecule has 2 aromatic carbocycles. The molecule has 0 saturated carbocycles. The summed E-state index contributed by atoms with van der Waals surface area (Å²) in [6, 6.07) is 10.4. The molecule has 0 fully saturated rings. The first-order valence-corrected chi connectivity index (χ1v) is 7.34. The van der Waals surface area contributed by atoms with Crippen LogP contribution in [0.25, 0.3) is 0 Å². The van der Waals surface area contributed by atoms with Crippen molar-refractivity contribution in [3.05, 3.63) is 68.4 Å². The summed E-state index contributed by atoms with van der Waals surface area (Å²) in [6.07, 6.45) is 0.455. The lowest BCUT2D eigenvalue weighted by Crippen LogP contribution is -2.30. The minimum atomic E-state index is -0.251. The van der Waals surface area contributed by atoms with Crippen LogP contribution >= 0.6 is 27.5 Å². The highest BCUT2D eigenvalue weighted by atomic mass is 79.9. The van der Waals surface area contributed by atoms with Crippen molar-refractivity contribution in [1.29, 1.82) is 0 Å². The first-order valence-electron chi connectivity index (χ1n) is 6.17. The van der Waals surface area contributed by atoms with E-state index in [0.717, 1.165) is 15.6 Å². The molecule has 0 aliphatic rings. The molecule has 0 amide bonds. The van der Waals surface area contributed by atoms with Crippen molar-refractivity contribution in [2.75, 3.05) is 0 Å². The number of hydrazine groups is 1. The molecule has 0 aliphatic heterocycles. The Morgan fingerprint density at radius 3 is 2.70 bits per heavy atom. The molecule has 2 nitrogen and oxygen atoms in total. The summed E-state index contributed by atoms with van der Waals surface area (Å²) in [4.78, 5) is 0. The van der Waals surface area contributed by atoms with E-state index in [-0.39, 0.29) is 11.9 Å². The van der Waals surface area contributed by atoms with Crippen molar-refractivity contribution in [2.45, 2.75) is 19.4 Å². The Kier molecular flexibility index (Phi) is 5.16. The van der Waals surface area contributed by atoms with Gasteiger partial charge in [0.1, 0.15) is 5.82 Å². The molecule has 0 saturated heterocycles. The Morgan fingerprint density at radius 2 is 2.05 bits per heavy atom. The van der Waals surface area contributed by atoms with Gasteiger partial charge >= 0.3 is 0 Å². The molecule has 0 aromatic heterocycles. The molecule has 0 spiro atoms. The van der Waals surface area contributed by atoms with Crippen molar-refractivity contribution >= 4 is 27.5 Å². The number of hydrogen-bond donors (Lipinski definition) is 2. The largest absolute Gasteiger partial charge is 0.271 e. The molecule has 106 valence electrons. The van der Waals surface area contributed by atoms with Crippen LogP contribution in [0.2, 0.25) is 5.02 Å². The lowest BCUT2D eigenvalue weighted by molar-refractivity contribution is 0.527. The Bertz CT molecular complexity index is 619. The molecule has 2 rings (SSSR count). The van der Waals surface area contributed by atoms with Gasteiger partial charge in [0, 0.05) is 9.50 Å². The Hall–Kier alpha value is -0.940. The highest BCUT2D eigenvalue weighted by Gasteiger charge is 2.15. The average molecular weight is 358 g/mol. The molecule has 0 bridgehead atoms. The molecule has 3 N–H and O–H groups in total. The maximum atomic E-state index is 13.9. The zero-order valence-corrected chi connectivity index (χ0v) is 13.3. The third kappa shape index (κ3) is 3.58.